The third-order valence-electron chi connectivity index (χ3n) is 5.64. The number of hydrogen-bond acceptors (Lipinski definition) is 8. The standard InChI is InChI=1S/C24H22N6O5/c31-13-18-17(32)11-19(35-18)30-21-16(12-25-30)20(26-22(33)14-7-3-1-4-8-14)27-24(28-21)29-23(34)15-9-5-2-6-10-15/h1-10,12,17-19,31-32H,11,13H2,(H2,26,27,28,29,33,34)/t17-,18+,19-/m0/s1. The second kappa shape index (κ2) is 9.58. The summed E-state index contributed by atoms with van der Waals surface area (Å²) < 4.78 is 7.16. The molecule has 35 heavy (non-hydrogen) atoms. The van der Waals surface area contributed by atoms with Crippen molar-refractivity contribution in [2.45, 2.75) is 24.9 Å². The van der Waals surface area contributed by atoms with Crippen molar-refractivity contribution in [3.63, 3.8) is 0 Å². The Balaban J connectivity index is 1.53. The number of anilines is 2. The Labute approximate surface area is 199 Å². The normalized spacial score (nSPS) is 19.5. The van der Waals surface area contributed by atoms with Gasteiger partial charge in [-0.25, -0.2) is 4.68 Å². The number of fused-ring (bicyclic) bond motifs is 1. The van der Waals surface area contributed by atoms with Crippen molar-refractivity contribution >= 4 is 34.6 Å². The van der Waals surface area contributed by atoms with Crippen LogP contribution in [0.5, 0.6) is 0 Å². The summed E-state index contributed by atoms with van der Waals surface area (Å²) in [6.07, 6.45) is -0.675. The van der Waals surface area contributed by atoms with E-state index in [4.69, 9.17) is 4.74 Å². The number of ether oxygens (including phenoxy) is 1. The fourth-order valence-electron chi connectivity index (χ4n) is 3.85. The lowest BCUT2D eigenvalue weighted by Gasteiger charge is -2.14. The van der Waals surface area contributed by atoms with Gasteiger partial charge in [-0.1, -0.05) is 36.4 Å². The van der Waals surface area contributed by atoms with Crippen molar-refractivity contribution in [3.8, 4) is 0 Å². The number of benzene rings is 2. The van der Waals surface area contributed by atoms with Crippen LogP contribution >= 0.6 is 0 Å². The quantitative estimate of drug-likeness (QED) is 0.331. The molecule has 0 bridgehead atoms. The van der Waals surface area contributed by atoms with Crippen molar-refractivity contribution in [3.05, 3.63) is 78.0 Å². The Bertz CT molecular complexity index is 1360. The molecule has 178 valence electrons. The molecule has 4 N–H and O–H groups in total. The van der Waals surface area contributed by atoms with Crippen LogP contribution in [-0.4, -0.2) is 60.6 Å². The number of carbonyl (C=O) groups excluding carboxylic acids is 2. The van der Waals surface area contributed by atoms with E-state index in [0.29, 0.717) is 16.5 Å². The number of aromatic nitrogens is 4. The Morgan fingerprint density at radius 3 is 2.20 bits per heavy atom. The molecule has 1 aliphatic rings. The molecular formula is C24H22N6O5. The first-order valence-electron chi connectivity index (χ1n) is 11.0. The fourth-order valence-corrected chi connectivity index (χ4v) is 3.85. The van der Waals surface area contributed by atoms with Crippen LogP contribution < -0.4 is 10.6 Å². The second-order valence-corrected chi connectivity index (χ2v) is 7.98. The number of nitrogens with one attached hydrogen (secondary N) is 2. The molecule has 11 heteroatoms. The van der Waals surface area contributed by atoms with Crippen molar-refractivity contribution in [1.29, 1.82) is 0 Å². The maximum Gasteiger partial charge on any atom is 0.258 e. The third-order valence-corrected chi connectivity index (χ3v) is 5.64. The van der Waals surface area contributed by atoms with Crippen LogP contribution in [0.3, 0.4) is 0 Å². The molecule has 3 atom stereocenters. The van der Waals surface area contributed by atoms with Crippen LogP contribution in [0.25, 0.3) is 11.0 Å². The van der Waals surface area contributed by atoms with Gasteiger partial charge in [0.05, 0.1) is 24.3 Å². The molecular weight excluding hydrogens is 452 g/mol. The van der Waals surface area contributed by atoms with Gasteiger partial charge in [0.2, 0.25) is 5.95 Å². The molecule has 3 heterocycles. The summed E-state index contributed by atoms with van der Waals surface area (Å²) in [5.41, 5.74) is 1.12. The van der Waals surface area contributed by atoms with Gasteiger partial charge in [0, 0.05) is 17.5 Å². The average Bonchev–Trinajstić information content (AvgIpc) is 3.48. The van der Waals surface area contributed by atoms with Crippen molar-refractivity contribution in [2.24, 2.45) is 0 Å². The van der Waals surface area contributed by atoms with E-state index in [1.165, 1.54) is 10.9 Å². The number of aliphatic hydroxyl groups excluding tert-OH is 2. The van der Waals surface area contributed by atoms with E-state index in [0.717, 1.165) is 0 Å². The van der Waals surface area contributed by atoms with Crippen molar-refractivity contribution < 1.29 is 24.5 Å². The van der Waals surface area contributed by atoms with Gasteiger partial charge in [-0.15, -0.1) is 0 Å². The molecule has 0 unspecified atom stereocenters. The van der Waals surface area contributed by atoms with Gasteiger partial charge in [0.15, 0.2) is 11.9 Å². The first kappa shape index (κ1) is 22.6. The van der Waals surface area contributed by atoms with Gasteiger partial charge in [-0.3, -0.25) is 14.9 Å². The monoisotopic (exact) mass is 474 g/mol. The minimum absolute atomic E-state index is 0.0475. The molecule has 2 aromatic carbocycles. The summed E-state index contributed by atoms with van der Waals surface area (Å²) in [7, 11) is 0. The number of nitrogens with zero attached hydrogens (tertiary/aromatic N) is 4. The maximum atomic E-state index is 12.8. The van der Waals surface area contributed by atoms with Gasteiger partial charge < -0.3 is 20.3 Å². The van der Waals surface area contributed by atoms with Gasteiger partial charge in [-0.2, -0.15) is 15.1 Å². The Morgan fingerprint density at radius 2 is 1.60 bits per heavy atom. The van der Waals surface area contributed by atoms with E-state index < -0.39 is 30.3 Å². The summed E-state index contributed by atoms with van der Waals surface area (Å²) in [4.78, 5) is 34.4. The molecule has 0 radical (unpaired) electrons. The first-order chi connectivity index (χ1) is 17.0. The summed E-state index contributed by atoms with van der Waals surface area (Å²) in [5, 5.41) is 29.8. The van der Waals surface area contributed by atoms with Gasteiger partial charge in [-0.05, 0) is 24.3 Å². The fraction of sp³-hybridized carbons (Fsp3) is 0.208. The van der Waals surface area contributed by atoms with Gasteiger partial charge in [0.1, 0.15) is 11.9 Å². The van der Waals surface area contributed by atoms with Gasteiger partial charge >= 0.3 is 0 Å². The summed E-state index contributed by atoms with van der Waals surface area (Å²) in [6.45, 7) is -0.345. The molecule has 1 saturated heterocycles. The average molecular weight is 474 g/mol. The molecule has 0 spiro atoms. The zero-order chi connectivity index (χ0) is 24.4. The highest BCUT2D eigenvalue weighted by Gasteiger charge is 2.36. The lowest BCUT2D eigenvalue weighted by Crippen LogP contribution is -2.24. The lowest BCUT2D eigenvalue weighted by atomic mass is 10.2. The second-order valence-electron chi connectivity index (χ2n) is 7.98. The highest BCUT2D eigenvalue weighted by atomic mass is 16.5. The molecule has 2 amide bonds. The van der Waals surface area contributed by atoms with Crippen LogP contribution in [0, 0.1) is 0 Å². The van der Waals surface area contributed by atoms with E-state index >= 15 is 0 Å². The van der Waals surface area contributed by atoms with E-state index in [1.807, 2.05) is 0 Å². The molecule has 0 aliphatic carbocycles. The minimum atomic E-state index is -0.874. The number of amides is 2. The predicted octanol–water partition coefficient (Wildman–Crippen LogP) is 1.97. The Hall–Kier alpha value is -4.19. The van der Waals surface area contributed by atoms with Crippen LogP contribution in [0.2, 0.25) is 0 Å². The van der Waals surface area contributed by atoms with Crippen molar-refractivity contribution in [1.82, 2.24) is 19.7 Å². The van der Waals surface area contributed by atoms with E-state index in [9.17, 15) is 19.8 Å². The molecule has 2 aromatic heterocycles. The van der Waals surface area contributed by atoms with Crippen LogP contribution in [-0.2, 0) is 4.74 Å². The zero-order valence-corrected chi connectivity index (χ0v) is 18.4. The van der Waals surface area contributed by atoms with Gasteiger partial charge in [0.25, 0.3) is 11.8 Å². The minimum Gasteiger partial charge on any atom is -0.394 e. The highest BCUT2D eigenvalue weighted by Crippen LogP contribution is 2.32. The molecule has 0 saturated carbocycles. The number of hydrogen-bond donors (Lipinski definition) is 4. The zero-order valence-electron chi connectivity index (χ0n) is 18.4. The topological polar surface area (TPSA) is 151 Å². The molecule has 1 fully saturated rings. The maximum absolute atomic E-state index is 12.8. The number of carbonyl (C=O) groups is 2. The smallest absolute Gasteiger partial charge is 0.258 e. The SMILES string of the molecule is O=C(Nc1nc(NC(=O)c2ccccc2)c2cnn([C@@H]3C[C@H](O)[C@@H](CO)O3)c2n1)c1ccccc1. The third kappa shape index (κ3) is 4.60. The number of aliphatic hydroxyl groups is 2. The Morgan fingerprint density at radius 1 is 0.971 bits per heavy atom. The molecule has 11 nitrogen and oxygen atoms in total. The molecule has 4 aromatic rings. The van der Waals surface area contributed by atoms with E-state index in [1.54, 1.807) is 60.7 Å². The van der Waals surface area contributed by atoms with Crippen LogP contribution in [0.4, 0.5) is 11.8 Å². The van der Waals surface area contributed by atoms with Crippen molar-refractivity contribution in [2.75, 3.05) is 17.2 Å². The Kier molecular flexibility index (Phi) is 6.19. The number of rotatable bonds is 6. The van der Waals surface area contributed by atoms with Crippen LogP contribution in [0.15, 0.2) is 66.9 Å². The summed E-state index contributed by atoms with van der Waals surface area (Å²) in [5.74, 6) is -0.722. The van der Waals surface area contributed by atoms with Crippen LogP contribution in [0.1, 0.15) is 33.4 Å². The first-order valence-corrected chi connectivity index (χ1v) is 11.0. The lowest BCUT2D eigenvalue weighted by molar-refractivity contribution is -0.0470. The largest absolute Gasteiger partial charge is 0.394 e. The molecule has 5 rings (SSSR count). The molecule has 1 aliphatic heterocycles. The van der Waals surface area contributed by atoms with E-state index in [-0.39, 0.29) is 30.4 Å². The summed E-state index contributed by atoms with van der Waals surface area (Å²) >= 11 is 0. The predicted molar refractivity (Wildman–Crippen MR) is 126 cm³/mol. The summed E-state index contributed by atoms with van der Waals surface area (Å²) in [6, 6.07) is 17.2. The van der Waals surface area contributed by atoms with E-state index in [2.05, 4.69) is 25.7 Å². The highest BCUT2D eigenvalue weighted by molar-refractivity contribution is 6.08.